The van der Waals surface area contributed by atoms with Crippen LogP contribution in [-0.4, -0.2) is 56.6 Å². The predicted octanol–water partition coefficient (Wildman–Crippen LogP) is 1.93. The van der Waals surface area contributed by atoms with Crippen molar-refractivity contribution in [2.45, 2.75) is 26.0 Å². The minimum Gasteiger partial charge on any atom is -0.493 e. The molecule has 5 nitrogen and oxygen atoms in total. The molecule has 0 aliphatic heterocycles. The lowest BCUT2D eigenvalue weighted by molar-refractivity contribution is 0.0259. The highest BCUT2D eigenvalue weighted by Gasteiger charge is 2.16. The van der Waals surface area contributed by atoms with Crippen LogP contribution in [0, 0.1) is 12.3 Å². The highest BCUT2D eigenvalue weighted by Crippen LogP contribution is 2.31. The van der Waals surface area contributed by atoms with Crippen molar-refractivity contribution in [1.29, 1.82) is 0 Å². The van der Waals surface area contributed by atoms with Gasteiger partial charge in [0.25, 0.3) is 0 Å². The average molecular weight is 321 g/mol. The molecular formula is C18H27NO4. The van der Waals surface area contributed by atoms with Crippen molar-refractivity contribution in [1.82, 2.24) is 4.90 Å². The molecule has 1 atom stereocenters. The van der Waals surface area contributed by atoms with Gasteiger partial charge in [-0.3, -0.25) is 4.90 Å². The number of hydrogen-bond donors (Lipinski definition) is 1. The number of hydrogen-bond acceptors (Lipinski definition) is 5. The molecule has 0 aromatic heterocycles. The molecule has 23 heavy (non-hydrogen) atoms. The maximum absolute atomic E-state index is 10.1. The van der Waals surface area contributed by atoms with Gasteiger partial charge in [0.05, 0.1) is 26.9 Å². The van der Waals surface area contributed by atoms with Gasteiger partial charge in [-0.2, -0.15) is 0 Å². The molecule has 0 saturated heterocycles. The minimum atomic E-state index is -0.577. The molecule has 1 N–H and O–H groups in total. The molecule has 0 fully saturated rings. The first-order valence-corrected chi connectivity index (χ1v) is 7.77. The normalized spacial score (nSPS) is 12.0. The van der Waals surface area contributed by atoms with Gasteiger partial charge >= 0.3 is 0 Å². The van der Waals surface area contributed by atoms with Crippen molar-refractivity contribution in [3.63, 3.8) is 0 Å². The Kier molecular flexibility index (Phi) is 9.15. The molecular weight excluding hydrogens is 294 g/mol. The number of terminal acetylenes is 1. The monoisotopic (exact) mass is 321 g/mol. The Balaban J connectivity index is 2.74. The molecule has 0 radical (unpaired) electrons. The molecule has 0 amide bonds. The molecule has 5 heteroatoms. The summed E-state index contributed by atoms with van der Waals surface area (Å²) >= 11 is 0. The van der Waals surface area contributed by atoms with Gasteiger partial charge in [0, 0.05) is 18.7 Å². The number of rotatable bonds is 11. The van der Waals surface area contributed by atoms with E-state index in [0.29, 0.717) is 18.8 Å². The fourth-order valence-corrected chi connectivity index (χ4v) is 2.47. The number of methoxy groups -OCH3 is 2. The Labute approximate surface area is 139 Å². The summed E-state index contributed by atoms with van der Waals surface area (Å²) < 4.78 is 16.0. The van der Waals surface area contributed by atoms with Crippen LogP contribution in [0.5, 0.6) is 11.5 Å². The van der Waals surface area contributed by atoms with Crippen molar-refractivity contribution in [2.24, 2.45) is 0 Å². The van der Waals surface area contributed by atoms with E-state index in [2.05, 4.69) is 17.7 Å². The zero-order valence-corrected chi connectivity index (χ0v) is 14.2. The van der Waals surface area contributed by atoms with Gasteiger partial charge in [0.15, 0.2) is 11.5 Å². The van der Waals surface area contributed by atoms with Gasteiger partial charge in [-0.05, 0) is 19.0 Å². The smallest absolute Gasteiger partial charge is 0.165 e. The predicted molar refractivity (Wildman–Crippen MR) is 90.8 cm³/mol. The van der Waals surface area contributed by atoms with Crippen LogP contribution in [0.1, 0.15) is 18.9 Å². The highest BCUT2D eigenvalue weighted by atomic mass is 16.5. The number of benzene rings is 1. The number of para-hydroxylation sites is 1. The molecule has 0 saturated carbocycles. The fourth-order valence-electron chi connectivity index (χ4n) is 2.47. The van der Waals surface area contributed by atoms with Gasteiger partial charge in [0.1, 0.15) is 6.61 Å². The van der Waals surface area contributed by atoms with E-state index >= 15 is 0 Å². The van der Waals surface area contributed by atoms with Crippen LogP contribution >= 0.6 is 0 Å². The lowest BCUT2D eigenvalue weighted by Crippen LogP contribution is -2.35. The molecule has 0 aliphatic rings. The zero-order chi connectivity index (χ0) is 17.1. The second-order valence-corrected chi connectivity index (χ2v) is 5.26. The van der Waals surface area contributed by atoms with Gasteiger partial charge in [-0.1, -0.05) is 25.0 Å². The van der Waals surface area contributed by atoms with Crippen molar-refractivity contribution in [3.05, 3.63) is 23.8 Å². The lowest BCUT2D eigenvalue weighted by atomic mass is 10.1. The van der Waals surface area contributed by atoms with Crippen molar-refractivity contribution >= 4 is 0 Å². The topological polar surface area (TPSA) is 51.2 Å². The SMILES string of the molecule is C#CCOC[C@H](O)CN(CCC)Cc1cccc(OC)c1OC. The van der Waals surface area contributed by atoms with Crippen LogP contribution in [-0.2, 0) is 11.3 Å². The van der Waals surface area contributed by atoms with Crippen LogP contribution in [0.3, 0.4) is 0 Å². The summed E-state index contributed by atoms with van der Waals surface area (Å²) in [7, 11) is 3.26. The second kappa shape index (κ2) is 10.9. The van der Waals surface area contributed by atoms with E-state index in [4.69, 9.17) is 20.6 Å². The van der Waals surface area contributed by atoms with E-state index in [9.17, 15) is 5.11 Å². The summed E-state index contributed by atoms with van der Waals surface area (Å²) in [5.74, 6) is 3.83. The Morgan fingerprint density at radius 2 is 2.09 bits per heavy atom. The zero-order valence-electron chi connectivity index (χ0n) is 14.2. The van der Waals surface area contributed by atoms with Crippen LogP contribution in [0.4, 0.5) is 0 Å². The molecule has 0 unspecified atom stereocenters. The molecule has 0 spiro atoms. The number of aliphatic hydroxyl groups is 1. The first kappa shape index (κ1) is 19.3. The van der Waals surface area contributed by atoms with Crippen LogP contribution in [0.25, 0.3) is 0 Å². The molecule has 1 rings (SSSR count). The lowest BCUT2D eigenvalue weighted by Gasteiger charge is -2.25. The molecule has 0 heterocycles. The van der Waals surface area contributed by atoms with E-state index in [0.717, 1.165) is 24.3 Å². The van der Waals surface area contributed by atoms with Gasteiger partial charge in [-0.25, -0.2) is 0 Å². The average Bonchev–Trinajstić information content (AvgIpc) is 2.55. The summed E-state index contributed by atoms with van der Waals surface area (Å²) in [4.78, 5) is 2.17. The standard InChI is InChI=1S/C18H27NO4/c1-5-10-19(13-16(20)14-23-11-6-2)12-15-8-7-9-17(21-3)18(15)22-4/h2,7-9,16,20H,5,10-14H2,1,3-4H3/t16-/m1/s1. The van der Waals surface area contributed by atoms with E-state index in [-0.39, 0.29) is 13.2 Å². The van der Waals surface area contributed by atoms with E-state index < -0.39 is 6.10 Å². The summed E-state index contributed by atoms with van der Waals surface area (Å²) in [6, 6.07) is 5.81. The Bertz CT molecular complexity index is 498. The quantitative estimate of drug-likeness (QED) is 0.498. The second-order valence-electron chi connectivity index (χ2n) is 5.26. The third kappa shape index (κ3) is 6.49. The van der Waals surface area contributed by atoms with Gasteiger partial charge < -0.3 is 19.3 Å². The van der Waals surface area contributed by atoms with Crippen LogP contribution in [0.15, 0.2) is 18.2 Å². The first-order chi connectivity index (χ1) is 11.2. The number of nitrogens with zero attached hydrogens (tertiary/aromatic N) is 1. The Morgan fingerprint density at radius 3 is 2.70 bits per heavy atom. The van der Waals surface area contributed by atoms with Crippen LogP contribution in [0.2, 0.25) is 0 Å². The van der Waals surface area contributed by atoms with Crippen LogP contribution < -0.4 is 9.47 Å². The van der Waals surface area contributed by atoms with E-state index in [1.807, 2.05) is 18.2 Å². The maximum atomic E-state index is 10.1. The van der Waals surface area contributed by atoms with Gasteiger partial charge in [0.2, 0.25) is 0 Å². The van der Waals surface area contributed by atoms with E-state index in [1.54, 1.807) is 14.2 Å². The third-order valence-corrected chi connectivity index (χ3v) is 3.38. The molecule has 128 valence electrons. The summed E-state index contributed by atoms with van der Waals surface area (Å²) in [6.07, 6.45) is 5.55. The summed E-state index contributed by atoms with van der Waals surface area (Å²) in [5, 5.41) is 10.1. The summed E-state index contributed by atoms with van der Waals surface area (Å²) in [6.45, 7) is 4.61. The van der Waals surface area contributed by atoms with Crippen molar-refractivity contribution < 1.29 is 19.3 Å². The largest absolute Gasteiger partial charge is 0.493 e. The first-order valence-electron chi connectivity index (χ1n) is 7.77. The molecule has 1 aromatic rings. The minimum absolute atomic E-state index is 0.217. The Morgan fingerprint density at radius 1 is 1.30 bits per heavy atom. The molecule has 1 aromatic carbocycles. The Hall–Kier alpha value is -1.74. The van der Waals surface area contributed by atoms with E-state index in [1.165, 1.54) is 0 Å². The van der Waals surface area contributed by atoms with Gasteiger partial charge in [-0.15, -0.1) is 6.42 Å². The number of ether oxygens (including phenoxy) is 3. The maximum Gasteiger partial charge on any atom is 0.165 e. The number of aliphatic hydroxyl groups excluding tert-OH is 1. The highest BCUT2D eigenvalue weighted by molar-refractivity contribution is 5.46. The molecule has 0 aliphatic carbocycles. The third-order valence-electron chi connectivity index (χ3n) is 3.38. The summed E-state index contributed by atoms with van der Waals surface area (Å²) in [5.41, 5.74) is 1.03. The van der Waals surface area contributed by atoms with Crippen molar-refractivity contribution in [3.8, 4) is 23.8 Å². The molecule has 0 bridgehead atoms. The fraction of sp³-hybridized carbons (Fsp3) is 0.556. The van der Waals surface area contributed by atoms with Crippen molar-refractivity contribution in [2.75, 3.05) is 40.5 Å².